The number of hydrogen-bond acceptors (Lipinski definition) is 8. The Morgan fingerprint density at radius 2 is 1.68 bits per heavy atom. The fourth-order valence-corrected chi connectivity index (χ4v) is 6.05. The molecule has 0 aliphatic carbocycles. The third-order valence-corrected chi connectivity index (χ3v) is 8.22. The van der Waals surface area contributed by atoms with Gasteiger partial charge in [-0.2, -0.15) is 0 Å². The monoisotopic (exact) mass is 558 g/mol. The smallest absolute Gasteiger partial charge is 0.255 e. The van der Waals surface area contributed by atoms with Gasteiger partial charge in [-0.15, -0.1) is 0 Å². The van der Waals surface area contributed by atoms with E-state index in [1.807, 2.05) is 55.1 Å². The quantitative estimate of drug-likeness (QED) is 0.335. The van der Waals surface area contributed by atoms with Gasteiger partial charge in [0.05, 0.1) is 20.3 Å². The Bertz CT molecular complexity index is 1350. The van der Waals surface area contributed by atoms with Crippen LogP contribution < -0.4 is 19.7 Å². The summed E-state index contributed by atoms with van der Waals surface area (Å²) in [5.41, 5.74) is 6.05. The number of aryl methyl sites for hydroxylation is 2. The van der Waals surface area contributed by atoms with E-state index in [0.29, 0.717) is 30.5 Å². The molecular formula is C32H42N6O3. The van der Waals surface area contributed by atoms with Gasteiger partial charge in [0.2, 0.25) is 5.95 Å². The van der Waals surface area contributed by atoms with Crippen LogP contribution in [0.1, 0.15) is 58.7 Å². The number of hydrogen-bond donors (Lipinski definition) is 1. The maximum absolute atomic E-state index is 14.0. The van der Waals surface area contributed by atoms with Crippen molar-refractivity contribution in [1.29, 1.82) is 0 Å². The Hall–Kier alpha value is -3.85. The summed E-state index contributed by atoms with van der Waals surface area (Å²) in [4.78, 5) is 29.9. The standard InChI is InChI=1S/C32H42N6O3/c1-6-36-15-17-37(18-16-36)28-10-7-9-25-26(28)21-38(31(25)39)27(24-12-13-29(40-4)30(20-24)41-5)11-8-14-33-32-34-22(2)19-23(3)35-32/h7,9-10,12-13,19-20,27H,6,8,11,14-18,21H2,1-5H3,(H,33,34,35)/t27-/m1/s1. The minimum Gasteiger partial charge on any atom is -0.493 e. The van der Waals surface area contributed by atoms with Crippen molar-refractivity contribution in [3.63, 3.8) is 0 Å². The van der Waals surface area contributed by atoms with E-state index in [0.717, 1.165) is 73.6 Å². The second kappa shape index (κ2) is 12.8. The van der Waals surface area contributed by atoms with Crippen LogP contribution in [-0.4, -0.2) is 79.2 Å². The number of anilines is 2. The summed E-state index contributed by atoms with van der Waals surface area (Å²) in [7, 11) is 3.28. The topological polar surface area (TPSA) is 83.1 Å². The van der Waals surface area contributed by atoms with Crippen molar-refractivity contribution in [3.05, 3.63) is 70.5 Å². The van der Waals surface area contributed by atoms with Gasteiger partial charge < -0.3 is 29.5 Å². The van der Waals surface area contributed by atoms with Gasteiger partial charge in [-0.25, -0.2) is 9.97 Å². The average molecular weight is 559 g/mol. The van der Waals surface area contributed by atoms with Crippen LogP contribution in [0.5, 0.6) is 11.5 Å². The van der Waals surface area contributed by atoms with Crippen LogP contribution in [-0.2, 0) is 6.54 Å². The number of carbonyl (C=O) groups excluding carboxylic acids is 1. The summed E-state index contributed by atoms with van der Waals surface area (Å²) < 4.78 is 11.1. The Kier molecular flexibility index (Phi) is 8.93. The van der Waals surface area contributed by atoms with Gasteiger partial charge in [0.25, 0.3) is 5.91 Å². The highest BCUT2D eigenvalue weighted by Gasteiger charge is 2.36. The molecule has 0 unspecified atom stereocenters. The number of likely N-dealkylation sites (N-methyl/N-ethyl adjacent to an activating group) is 1. The lowest BCUT2D eigenvalue weighted by molar-refractivity contribution is 0.0690. The molecule has 1 fully saturated rings. The van der Waals surface area contributed by atoms with E-state index in [2.05, 4.69) is 38.1 Å². The van der Waals surface area contributed by atoms with E-state index in [1.165, 1.54) is 5.69 Å². The van der Waals surface area contributed by atoms with Crippen molar-refractivity contribution in [2.45, 2.75) is 46.2 Å². The van der Waals surface area contributed by atoms with Crippen LogP contribution in [0.3, 0.4) is 0 Å². The third kappa shape index (κ3) is 6.25. The van der Waals surface area contributed by atoms with Gasteiger partial charge in [-0.1, -0.05) is 19.1 Å². The zero-order valence-electron chi connectivity index (χ0n) is 24.9. The second-order valence-electron chi connectivity index (χ2n) is 10.8. The second-order valence-corrected chi connectivity index (χ2v) is 10.8. The van der Waals surface area contributed by atoms with Gasteiger partial charge in [0.1, 0.15) is 0 Å². The Labute approximate surface area is 243 Å². The van der Waals surface area contributed by atoms with Gasteiger partial charge >= 0.3 is 0 Å². The molecule has 218 valence electrons. The number of nitrogens with zero attached hydrogens (tertiary/aromatic N) is 5. The highest BCUT2D eigenvalue weighted by molar-refractivity contribution is 6.00. The summed E-state index contributed by atoms with van der Waals surface area (Å²) in [6.45, 7) is 12.6. The molecule has 2 aromatic carbocycles. The van der Waals surface area contributed by atoms with Gasteiger partial charge in [0, 0.05) is 67.5 Å². The van der Waals surface area contributed by atoms with Crippen molar-refractivity contribution >= 4 is 17.5 Å². The lowest BCUT2D eigenvalue weighted by Gasteiger charge is -2.36. The molecule has 1 aromatic heterocycles. The summed E-state index contributed by atoms with van der Waals surface area (Å²) in [5, 5.41) is 3.37. The fourth-order valence-electron chi connectivity index (χ4n) is 6.05. The van der Waals surface area contributed by atoms with E-state index in [9.17, 15) is 4.79 Å². The van der Waals surface area contributed by atoms with E-state index in [1.54, 1.807) is 14.2 Å². The third-order valence-electron chi connectivity index (χ3n) is 8.22. The Morgan fingerprint density at radius 3 is 2.37 bits per heavy atom. The first kappa shape index (κ1) is 28.7. The summed E-state index contributed by atoms with van der Waals surface area (Å²) in [6.07, 6.45) is 1.61. The molecule has 9 heteroatoms. The molecule has 0 spiro atoms. The summed E-state index contributed by atoms with van der Waals surface area (Å²) in [5.74, 6) is 2.06. The van der Waals surface area contributed by atoms with Crippen molar-refractivity contribution in [2.75, 3.05) is 63.7 Å². The highest BCUT2D eigenvalue weighted by Crippen LogP contribution is 2.40. The van der Waals surface area contributed by atoms with Crippen molar-refractivity contribution in [3.8, 4) is 11.5 Å². The predicted octanol–water partition coefficient (Wildman–Crippen LogP) is 4.84. The molecule has 9 nitrogen and oxygen atoms in total. The maximum Gasteiger partial charge on any atom is 0.255 e. The number of nitrogens with one attached hydrogen (secondary N) is 1. The van der Waals surface area contributed by atoms with E-state index in [-0.39, 0.29) is 11.9 Å². The van der Waals surface area contributed by atoms with E-state index < -0.39 is 0 Å². The molecule has 1 saturated heterocycles. The van der Waals surface area contributed by atoms with Crippen LogP contribution in [0.25, 0.3) is 0 Å². The molecule has 0 bridgehead atoms. The molecular weight excluding hydrogens is 516 g/mol. The molecule has 2 aliphatic heterocycles. The van der Waals surface area contributed by atoms with Gasteiger partial charge in [-0.3, -0.25) is 4.79 Å². The first-order chi connectivity index (χ1) is 19.9. The molecule has 41 heavy (non-hydrogen) atoms. The van der Waals surface area contributed by atoms with Crippen LogP contribution in [0, 0.1) is 13.8 Å². The first-order valence-electron chi connectivity index (χ1n) is 14.6. The van der Waals surface area contributed by atoms with Crippen molar-refractivity contribution in [1.82, 2.24) is 19.8 Å². The fraction of sp³-hybridized carbons (Fsp3) is 0.469. The molecule has 5 rings (SSSR count). The molecule has 3 heterocycles. The highest BCUT2D eigenvalue weighted by atomic mass is 16.5. The minimum absolute atomic E-state index is 0.0828. The SMILES string of the molecule is CCN1CCN(c2cccc3c2CN([C@H](CCCNc2nc(C)cc(C)n2)c2ccc(OC)c(OC)c2)C3=O)CC1. The Balaban J connectivity index is 1.38. The predicted molar refractivity (Wildman–Crippen MR) is 162 cm³/mol. The molecule has 1 atom stereocenters. The molecule has 2 aliphatic rings. The molecule has 1 N–H and O–H groups in total. The number of aromatic nitrogens is 2. The molecule has 3 aromatic rings. The van der Waals surface area contributed by atoms with Gasteiger partial charge in [0.15, 0.2) is 11.5 Å². The van der Waals surface area contributed by atoms with E-state index >= 15 is 0 Å². The molecule has 0 radical (unpaired) electrons. The van der Waals surface area contributed by atoms with Crippen molar-refractivity contribution < 1.29 is 14.3 Å². The number of ether oxygens (including phenoxy) is 2. The Morgan fingerprint density at radius 1 is 0.951 bits per heavy atom. The van der Waals surface area contributed by atoms with Crippen molar-refractivity contribution in [2.24, 2.45) is 0 Å². The molecule has 0 saturated carbocycles. The largest absolute Gasteiger partial charge is 0.493 e. The summed E-state index contributed by atoms with van der Waals surface area (Å²) >= 11 is 0. The number of rotatable bonds is 11. The average Bonchev–Trinajstić information content (AvgIpc) is 3.32. The van der Waals surface area contributed by atoms with Crippen LogP contribution in [0.4, 0.5) is 11.6 Å². The lowest BCUT2D eigenvalue weighted by Crippen LogP contribution is -2.46. The van der Waals surface area contributed by atoms with Crippen LogP contribution >= 0.6 is 0 Å². The van der Waals surface area contributed by atoms with Crippen LogP contribution in [0.2, 0.25) is 0 Å². The number of carbonyl (C=O) groups is 1. The number of methoxy groups -OCH3 is 2. The number of amides is 1. The minimum atomic E-state index is -0.124. The van der Waals surface area contributed by atoms with E-state index in [4.69, 9.17) is 9.47 Å². The maximum atomic E-state index is 14.0. The number of fused-ring (bicyclic) bond motifs is 1. The normalized spacial score (nSPS) is 16.1. The first-order valence-corrected chi connectivity index (χ1v) is 14.6. The van der Waals surface area contributed by atoms with Gasteiger partial charge in [-0.05, 0) is 69.1 Å². The zero-order valence-corrected chi connectivity index (χ0v) is 24.9. The number of piperazine rings is 1. The summed E-state index contributed by atoms with van der Waals surface area (Å²) in [6, 6.07) is 14.0. The lowest BCUT2D eigenvalue weighted by atomic mass is 9.99. The van der Waals surface area contributed by atoms with Crippen LogP contribution in [0.15, 0.2) is 42.5 Å². The zero-order chi connectivity index (χ0) is 28.9. The molecule has 1 amide bonds. The number of benzene rings is 2.